The van der Waals surface area contributed by atoms with Gasteiger partial charge in [-0.2, -0.15) is 0 Å². The first-order valence-electron chi connectivity index (χ1n) is 9.00. The predicted molar refractivity (Wildman–Crippen MR) is 112 cm³/mol. The smallest absolute Gasteiger partial charge is 0.355 e. The van der Waals surface area contributed by atoms with Gasteiger partial charge in [-0.1, -0.05) is 46.3 Å². The maximum atomic E-state index is 12.8. The molecule has 2 aliphatic rings. The Morgan fingerprint density at radius 3 is 2.57 bits per heavy atom. The van der Waals surface area contributed by atoms with E-state index in [0.717, 1.165) is 11.1 Å². The van der Waals surface area contributed by atoms with Crippen LogP contribution in [0.2, 0.25) is 0 Å². The molecule has 1 aromatic rings. The Hall–Kier alpha value is -1.80. The average molecular weight is 467 g/mol. The van der Waals surface area contributed by atoms with E-state index in [-0.39, 0.29) is 23.6 Å². The summed E-state index contributed by atoms with van der Waals surface area (Å²) in [6.45, 7) is 5.37. The second-order valence-electron chi connectivity index (χ2n) is 7.71. The maximum Gasteiger partial charge on any atom is 0.355 e. The Morgan fingerprint density at radius 1 is 1.29 bits per heavy atom. The number of esters is 1. The first-order chi connectivity index (χ1) is 13.2. The number of halogens is 1. The van der Waals surface area contributed by atoms with E-state index in [9.17, 15) is 14.4 Å². The van der Waals surface area contributed by atoms with E-state index in [1.807, 2.05) is 30.3 Å². The number of carbonyl (C=O) groups excluding carboxylic acids is 3. The quantitative estimate of drug-likeness (QED) is 0.410. The molecule has 28 heavy (non-hydrogen) atoms. The van der Waals surface area contributed by atoms with Crippen molar-refractivity contribution >= 4 is 45.5 Å². The number of hydrogen-bond acceptors (Lipinski definition) is 5. The van der Waals surface area contributed by atoms with Crippen LogP contribution in [0, 0.1) is 0 Å². The molecule has 2 heterocycles. The van der Waals surface area contributed by atoms with Crippen LogP contribution in [0.4, 0.5) is 0 Å². The van der Waals surface area contributed by atoms with Gasteiger partial charge in [0.2, 0.25) is 5.91 Å². The van der Waals surface area contributed by atoms with Crippen molar-refractivity contribution in [3.63, 3.8) is 0 Å². The maximum absolute atomic E-state index is 12.8. The van der Waals surface area contributed by atoms with E-state index in [1.165, 1.54) is 16.7 Å². The number of nitrogens with one attached hydrogen (secondary N) is 1. The number of alkyl halides is 1. The van der Waals surface area contributed by atoms with Crippen molar-refractivity contribution in [2.45, 2.75) is 44.2 Å². The van der Waals surface area contributed by atoms with Crippen molar-refractivity contribution in [1.29, 1.82) is 0 Å². The van der Waals surface area contributed by atoms with Gasteiger partial charge in [0.1, 0.15) is 22.7 Å². The Balaban J connectivity index is 1.71. The first-order valence-corrected chi connectivity index (χ1v) is 11.2. The summed E-state index contributed by atoms with van der Waals surface area (Å²) in [6, 6.07) is 8.74. The number of thioether (sulfide) groups is 1. The predicted octanol–water partition coefficient (Wildman–Crippen LogP) is 2.62. The topological polar surface area (TPSA) is 75.7 Å². The highest BCUT2D eigenvalue weighted by Crippen LogP contribution is 2.41. The van der Waals surface area contributed by atoms with Crippen LogP contribution in [0.1, 0.15) is 26.3 Å². The molecule has 0 aliphatic carbocycles. The Kier molecular flexibility index (Phi) is 6.19. The number of ether oxygens (including phenoxy) is 1. The molecule has 150 valence electrons. The molecule has 0 bridgehead atoms. The molecular weight excluding hydrogens is 444 g/mol. The van der Waals surface area contributed by atoms with Gasteiger partial charge in [-0.3, -0.25) is 14.5 Å². The lowest BCUT2D eigenvalue weighted by atomic mass is 10.0. The monoisotopic (exact) mass is 466 g/mol. The lowest BCUT2D eigenvalue weighted by molar-refractivity contribution is -0.159. The second kappa shape index (κ2) is 8.29. The zero-order chi connectivity index (χ0) is 20.5. The number of β-lactam (4-membered cyclic amide) rings is 1. The first kappa shape index (κ1) is 20.9. The van der Waals surface area contributed by atoms with E-state index in [2.05, 4.69) is 21.2 Å². The molecule has 3 rings (SSSR count). The third-order valence-corrected chi connectivity index (χ3v) is 6.34. The SMILES string of the molecule is CC(C)(C)OC(=O)C1=C(CBr)CS[C@H]2C(NC(=O)Cc3ccccc3)C(=O)N12. The van der Waals surface area contributed by atoms with Crippen LogP contribution in [-0.4, -0.2) is 50.8 Å². The van der Waals surface area contributed by atoms with Crippen molar-refractivity contribution in [3.8, 4) is 0 Å². The summed E-state index contributed by atoms with van der Waals surface area (Å²) < 4.78 is 5.50. The molecule has 0 radical (unpaired) electrons. The van der Waals surface area contributed by atoms with Gasteiger partial charge in [0.05, 0.1) is 6.42 Å². The van der Waals surface area contributed by atoms with E-state index in [1.54, 1.807) is 20.8 Å². The van der Waals surface area contributed by atoms with E-state index < -0.39 is 17.6 Å². The van der Waals surface area contributed by atoms with E-state index in [4.69, 9.17) is 4.74 Å². The summed E-state index contributed by atoms with van der Waals surface area (Å²) in [6.07, 6.45) is 0.212. The van der Waals surface area contributed by atoms with Crippen molar-refractivity contribution in [3.05, 3.63) is 47.2 Å². The third-order valence-electron chi connectivity index (χ3n) is 4.32. The minimum Gasteiger partial charge on any atom is -0.455 e. The second-order valence-corrected chi connectivity index (χ2v) is 9.37. The van der Waals surface area contributed by atoms with Crippen molar-refractivity contribution in [1.82, 2.24) is 10.2 Å². The van der Waals surface area contributed by atoms with Gasteiger partial charge in [0.15, 0.2) is 0 Å². The molecule has 2 atom stereocenters. The third kappa shape index (κ3) is 4.43. The van der Waals surface area contributed by atoms with Gasteiger partial charge in [0, 0.05) is 11.1 Å². The van der Waals surface area contributed by atoms with E-state index >= 15 is 0 Å². The van der Waals surface area contributed by atoms with Crippen LogP contribution in [0.25, 0.3) is 0 Å². The summed E-state index contributed by atoms with van der Waals surface area (Å²) in [5.41, 5.74) is 1.35. The highest BCUT2D eigenvalue weighted by Gasteiger charge is 2.54. The molecule has 1 aromatic carbocycles. The zero-order valence-corrected chi connectivity index (χ0v) is 18.4. The molecule has 6 nitrogen and oxygen atoms in total. The van der Waals surface area contributed by atoms with Gasteiger partial charge >= 0.3 is 5.97 Å². The highest BCUT2D eigenvalue weighted by molar-refractivity contribution is 9.09. The molecule has 1 saturated heterocycles. The van der Waals surface area contributed by atoms with Gasteiger partial charge in [-0.05, 0) is 31.9 Å². The normalized spacial score (nSPS) is 21.7. The molecule has 2 aliphatic heterocycles. The van der Waals surface area contributed by atoms with Gasteiger partial charge < -0.3 is 10.1 Å². The minimum absolute atomic E-state index is 0.209. The van der Waals surface area contributed by atoms with Crippen molar-refractivity contribution in [2.75, 3.05) is 11.1 Å². The Labute approximate surface area is 177 Å². The fourth-order valence-electron chi connectivity index (χ4n) is 3.11. The summed E-state index contributed by atoms with van der Waals surface area (Å²) >= 11 is 4.94. The van der Waals surface area contributed by atoms with Crippen LogP contribution >= 0.6 is 27.7 Å². The minimum atomic E-state index is -0.654. The van der Waals surface area contributed by atoms with Gasteiger partial charge in [-0.15, -0.1) is 11.8 Å². The van der Waals surface area contributed by atoms with E-state index in [0.29, 0.717) is 16.8 Å². The van der Waals surface area contributed by atoms with Crippen LogP contribution < -0.4 is 5.32 Å². The summed E-state index contributed by atoms with van der Waals surface area (Å²) in [7, 11) is 0. The average Bonchev–Trinajstić information content (AvgIpc) is 2.64. The number of rotatable bonds is 5. The molecule has 8 heteroatoms. The Morgan fingerprint density at radius 2 is 1.96 bits per heavy atom. The standard InChI is InChI=1S/C20H23BrN2O4S/c1-20(2,3)27-19(26)16-13(10-21)11-28-18-15(17(25)23(16)18)22-14(24)9-12-7-5-4-6-8-12/h4-8,15,18H,9-11H2,1-3H3,(H,22,24)/t15?,18-/m0/s1. The zero-order valence-electron chi connectivity index (χ0n) is 16.0. The molecule has 0 aromatic heterocycles. The lowest BCUT2D eigenvalue weighted by Crippen LogP contribution is -2.70. The largest absolute Gasteiger partial charge is 0.455 e. The van der Waals surface area contributed by atoms with Crippen LogP contribution in [0.15, 0.2) is 41.6 Å². The number of amides is 2. The summed E-state index contributed by atoms with van der Waals surface area (Å²) in [5.74, 6) is -0.397. The lowest BCUT2D eigenvalue weighted by Gasteiger charge is -2.50. The number of hydrogen-bond donors (Lipinski definition) is 1. The molecular formula is C20H23BrN2O4S. The number of benzene rings is 1. The van der Waals surface area contributed by atoms with Gasteiger partial charge in [0.25, 0.3) is 5.91 Å². The highest BCUT2D eigenvalue weighted by atomic mass is 79.9. The molecule has 1 N–H and O–H groups in total. The van der Waals surface area contributed by atoms with Crippen molar-refractivity contribution in [2.24, 2.45) is 0 Å². The molecule has 1 fully saturated rings. The molecule has 0 saturated carbocycles. The fourth-order valence-corrected chi connectivity index (χ4v) is 5.18. The van der Waals surface area contributed by atoms with Crippen LogP contribution in [0.5, 0.6) is 0 Å². The fraction of sp³-hybridized carbons (Fsp3) is 0.450. The summed E-state index contributed by atoms with van der Waals surface area (Å²) in [4.78, 5) is 39.3. The molecule has 2 amide bonds. The van der Waals surface area contributed by atoms with Crippen molar-refractivity contribution < 1.29 is 19.1 Å². The number of fused-ring (bicyclic) bond motifs is 1. The van der Waals surface area contributed by atoms with Crippen LogP contribution in [0.3, 0.4) is 0 Å². The van der Waals surface area contributed by atoms with Crippen LogP contribution in [-0.2, 0) is 25.5 Å². The Bertz CT molecular complexity index is 819. The molecule has 1 unspecified atom stereocenters. The summed E-state index contributed by atoms with van der Waals surface area (Å²) in [5, 5.41) is 3.01. The molecule has 0 spiro atoms. The number of carbonyl (C=O) groups is 3. The van der Waals surface area contributed by atoms with Gasteiger partial charge in [-0.25, -0.2) is 4.79 Å². The number of nitrogens with zero attached hydrogens (tertiary/aromatic N) is 1.